The van der Waals surface area contributed by atoms with Crippen LogP contribution >= 0.6 is 0 Å². The number of aromatic nitrogens is 1. The zero-order valence-corrected chi connectivity index (χ0v) is 20.8. The summed E-state index contributed by atoms with van der Waals surface area (Å²) in [5.41, 5.74) is 6.92. The number of fused-ring (bicyclic) bond motifs is 2. The van der Waals surface area contributed by atoms with Crippen LogP contribution < -0.4 is 14.2 Å². The van der Waals surface area contributed by atoms with Crippen molar-refractivity contribution < 1.29 is 19.0 Å². The lowest BCUT2D eigenvalue weighted by atomic mass is 10.0. The van der Waals surface area contributed by atoms with Gasteiger partial charge in [0.05, 0.1) is 12.7 Å². The highest BCUT2D eigenvalue weighted by Gasteiger charge is 2.30. The van der Waals surface area contributed by atoms with Crippen molar-refractivity contribution in [2.24, 2.45) is 0 Å². The monoisotopic (exact) mass is 467 g/mol. The number of Topliss-reactive ketones (excluding diaryl/α,β-unsaturated/α-hetero) is 1. The number of hydrogen-bond donors (Lipinski definition) is 0. The van der Waals surface area contributed by atoms with Gasteiger partial charge in [-0.1, -0.05) is 23.8 Å². The largest absolute Gasteiger partial charge is 0.497 e. The first-order valence-electron chi connectivity index (χ1n) is 11.8. The predicted octanol–water partition coefficient (Wildman–Crippen LogP) is 6.79. The van der Waals surface area contributed by atoms with Crippen LogP contribution in [0.2, 0.25) is 0 Å². The molecular weight excluding hydrogens is 438 g/mol. The molecule has 0 radical (unpaired) electrons. The van der Waals surface area contributed by atoms with Gasteiger partial charge in [-0.3, -0.25) is 4.79 Å². The minimum absolute atomic E-state index is 0.121. The number of nitrogens with zero attached hydrogens (tertiary/aromatic N) is 1. The van der Waals surface area contributed by atoms with Crippen LogP contribution in [0.5, 0.6) is 17.2 Å². The number of ether oxygens (including phenoxy) is 3. The number of carbonyl (C=O) groups is 1. The standard InChI is InChI=1S/C30H29NO4/c1-6-31-16-21(25-15-23(33-5)9-11-26(25)31)14-28-29(32)24-10-12-27(20(4)30(24)35-28)34-17-22-13-18(2)7-8-19(22)3/h7-16H,6,17H2,1-5H3/b28-14-. The fourth-order valence-corrected chi connectivity index (χ4v) is 4.58. The highest BCUT2D eigenvalue weighted by molar-refractivity contribution is 6.15. The number of hydrogen-bond acceptors (Lipinski definition) is 4. The zero-order valence-electron chi connectivity index (χ0n) is 20.8. The minimum atomic E-state index is -0.121. The molecule has 1 aliphatic rings. The fourth-order valence-electron chi connectivity index (χ4n) is 4.58. The van der Waals surface area contributed by atoms with Gasteiger partial charge in [-0.15, -0.1) is 0 Å². The van der Waals surface area contributed by atoms with Crippen molar-refractivity contribution in [1.29, 1.82) is 0 Å². The third-order valence-corrected chi connectivity index (χ3v) is 6.67. The molecule has 2 heterocycles. The number of benzene rings is 3. The van der Waals surface area contributed by atoms with Crippen molar-refractivity contribution in [3.63, 3.8) is 0 Å². The third kappa shape index (κ3) is 4.08. The fraction of sp³-hybridized carbons (Fsp3) is 0.233. The van der Waals surface area contributed by atoms with Gasteiger partial charge in [0.25, 0.3) is 0 Å². The number of aryl methyl sites for hydroxylation is 3. The molecule has 0 bridgehead atoms. The lowest BCUT2D eigenvalue weighted by Crippen LogP contribution is -2.00. The molecule has 5 nitrogen and oxygen atoms in total. The first-order chi connectivity index (χ1) is 16.9. The number of ketones is 1. The van der Waals surface area contributed by atoms with Crippen LogP contribution in [-0.4, -0.2) is 17.5 Å². The first-order valence-corrected chi connectivity index (χ1v) is 11.8. The Hall–Kier alpha value is -3.99. The Morgan fingerprint density at radius 2 is 1.86 bits per heavy atom. The summed E-state index contributed by atoms with van der Waals surface area (Å²) < 4.78 is 19.8. The molecule has 0 saturated carbocycles. The Morgan fingerprint density at radius 1 is 1.03 bits per heavy atom. The average molecular weight is 468 g/mol. The summed E-state index contributed by atoms with van der Waals surface area (Å²) in [6.07, 6.45) is 3.87. The smallest absolute Gasteiger partial charge is 0.231 e. The number of methoxy groups -OCH3 is 1. The second kappa shape index (κ2) is 8.99. The van der Waals surface area contributed by atoms with E-state index in [9.17, 15) is 4.79 Å². The van der Waals surface area contributed by atoms with Crippen LogP contribution in [0.3, 0.4) is 0 Å². The van der Waals surface area contributed by atoms with Crippen LogP contribution in [0, 0.1) is 20.8 Å². The van der Waals surface area contributed by atoms with Crippen LogP contribution in [0.4, 0.5) is 0 Å². The van der Waals surface area contributed by atoms with Gasteiger partial charge >= 0.3 is 0 Å². The maximum atomic E-state index is 13.2. The molecule has 4 aromatic rings. The molecule has 0 spiro atoms. The summed E-state index contributed by atoms with van der Waals surface area (Å²) in [6.45, 7) is 9.46. The molecule has 178 valence electrons. The molecule has 5 rings (SSSR count). The summed E-state index contributed by atoms with van der Waals surface area (Å²) in [4.78, 5) is 13.2. The molecule has 0 unspecified atom stereocenters. The van der Waals surface area contributed by atoms with Crippen LogP contribution in [0.25, 0.3) is 17.0 Å². The predicted molar refractivity (Wildman–Crippen MR) is 139 cm³/mol. The summed E-state index contributed by atoms with van der Waals surface area (Å²) in [6, 6.07) is 16.0. The topological polar surface area (TPSA) is 49.7 Å². The summed E-state index contributed by atoms with van der Waals surface area (Å²) >= 11 is 0. The van der Waals surface area contributed by atoms with Crippen molar-refractivity contribution in [3.8, 4) is 17.2 Å². The van der Waals surface area contributed by atoms with E-state index in [-0.39, 0.29) is 5.78 Å². The van der Waals surface area contributed by atoms with Crippen molar-refractivity contribution in [3.05, 3.63) is 93.9 Å². The van der Waals surface area contributed by atoms with E-state index in [0.29, 0.717) is 29.4 Å². The molecule has 0 atom stereocenters. The van der Waals surface area contributed by atoms with E-state index in [4.69, 9.17) is 14.2 Å². The van der Waals surface area contributed by atoms with Crippen molar-refractivity contribution in [1.82, 2.24) is 4.57 Å². The highest BCUT2D eigenvalue weighted by atomic mass is 16.5. The molecule has 1 aromatic heterocycles. The number of rotatable bonds is 6. The molecule has 0 N–H and O–H groups in total. The maximum absolute atomic E-state index is 13.2. The van der Waals surface area contributed by atoms with Gasteiger partial charge in [0, 0.05) is 34.8 Å². The van der Waals surface area contributed by atoms with Gasteiger partial charge in [0.1, 0.15) is 23.9 Å². The zero-order chi connectivity index (χ0) is 24.7. The van der Waals surface area contributed by atoms with Gasteiger partial charge in [0.15, 0.2) is 5.76 Å². The van der Waals surface area contributed by atoms with Gasteiger partial charge in [-0.2, -0.15) is 0 Å². The van der Waals surface area contributed by atoms with Crippen LogP contribution in [0.15, 0.2) is 60.5 Å². The second-order valence-corrected chi connectivity index (χ2v) is 8.98. The van der Waals surface area contributed by atoms with Crippen LogP contribution in [-0.2, 0) is 13.2 Å². The highest BCUT2D eigenvalue weighted by Crippen LogP contribution is 2.40. The average Bonchev–Trinajstić information content (AvgIpc) is 3.38. The van der Waals surface area contributed by atoms with Gasteiger partial charge < -0.3 is 18.8 Å². The Labute approximate surface area is 205 Å². The van der Waals surface area contributed by atoms with E-state index in [1.165, 1.54) is 11.1 Å². The molecule has 0 saturated heterocycles. The molecule has 3 aromatic carbocycles. The van der Waals surface area contributed by atoms with E-state index in [1.807, 2.05) is 43.5 Å². The number of allylic oxidation sites excluding steroid dienone is 1. The van der Waals surface area contributed by atoms with Gasteiger partial charge in [-0.05, 0) is 75.2 Å². The quantitative estimate of drug-likeness (QED) is 0.293. The summed E-state index contributed by atoms with van der Waals surface area (Å²) in [5, 5.41) is 1.01. The molecule has 0 aliphatic carbocycles. The molecule has 1 aliphatic heterocycles. The van der Waals surface area contributed by atoms with Crippen LogP contribution in [0.1, 0.15) is 45.1 Å². The van der Waals surface area contributed by atoms with E-state index >= 15 is 0 Å². The Bertz CT molecular complexity index is 1490. The van der Waals surface area contributed by atoms with E-state index in [1.54, 1.807) is 13.2 Å². The molecule has 0 amide bonds. The summed E-state index contributed by atoms with van der Waals surface area (Å²) in [7, 11) is 1.65. The first kappa shape index (κ1) is 22.8. The minimum Gasteiger partial charge on any atom is -0.497 e. The van der Waals surface area contributed by atoms with Gasteiger partial charge in [-0.25, -0.2) is 0 Å². The Morgan fingerprint density at radius 3 is 2.63 bits per heavy atom. The second-order valence-electron chi connectivity index (χ2n) is 8.98. The van der Waals surface area contributed by atoms with E-state index in [2.05, 4.69) is 43.5 Å². The molecule has 0 fully saturated rings. The third-order valence-electron chi connectivity index (χ3n) is 6.67. The normalized spacial score (nSPS) is 13.9. The van der Waals surface area contributed by atoms with Gasteiger partial charge in [0.2, 0.25) is 5.78 Å². The Balaban J connectivity index is 1.46. The SMILES string of the molecule is CCn1cc(/C=C2\Oc3c(ccc(OCc4cc(C)ccc4C)c3C)C2=O)c2cc(OC)ccc21. The summed E-state index contributed by atoms with van der Waals surface area (Å²) in [5.74, 6) is 2.24. The lowest BCUT2D eigenvalue weighted by Gasteiger charge is -2.13. The molecular formula is C30H29NO4. The van der Waals surface area contributed by atoms with E-state index < -0.39 is 0 Å². The maximum Gasteiger partial charge on any atom is 0.231 e. The van der Waals surface area contributed by atoms with Crippen molar-refractivity contribution in [2.75, 3.05) is 7.11 Å². The van der Waals surface area contributed by atoms with E-state index in [0.717, 1.165) is 39.9 Å². The Kier molecular flexibility index (Phi) is 5.85. The lowest BCUT2D eigenvalue weighted by molar-refractivity contribution is 0.101. The van der Waals surface area contributed by atoms with Crippen molar-refractivity contribution in [2.45, 2.75) is 40.8 Å². The molecule has 35 heavy (non-hydrogen) atoms. The van der Waals surface area contributed by atoms with Crippen molar-refractivity contribution >= 4 is 22.8 Å². The number of carbonyl (C=O) groups excluding carboxylic acids is 1. The molecule has 5 heteroatoms.